The van der Waals surface area contributed by atoms with Crippen molar-refractivity contribution in [3.8, 4) is 0 Å². The minimum absolute atomic E-state index is 0.0716. The van der Waals surface area contributed by atoms with Crippen molar-refractivity contribution >= 4 is 5.91 Å². The van der Waals surface area contributed by atoms with Gasteiger partial charge in [-0.05, 0) is 11.1 Å². The first-order chi connectivity index (χ1) is 19.8. The minimum Gasteiger partial charge on any atom is -0.394 e. The molecule has 1 amide bonds. The predicted octanol–water partition coefficient (Wildman–Crippen LogP) is -1.15. The van der Waals surface area contributed by atoms with Crippen LogP contribution in [0.4, 0.5) is 0 Å². The van der Waals surface area contributed by atoms with E-state index < -0.39 is 80.4 Å². The van der Waals surface area contributed by atoms with Crippen LogP contribution in [0, 0.1) is 5.92 Å². The van der Waals surface area contributed by atoms with Gasteiger partial charge in [-0.3, -0.25) is 4.79 Å². The zero-order chi connectivity index (χ0) is 29.5. The molecule has 12 heteroatoms. The third kappa shape index (κ3) is 7.30. The second-order valence-electron chi connectivity index (χ2n) is 10.3. The maximum Gasteiger partial charge on any atom is 0.232 e. The Morgan fingerprint density at radius 1 is 0.805 bits per heavy atom. The Morgan fingerprint density at radius 3 is 1.90 bits per heavy atom. The molecule has 2 heterocycles. The minimum atomic E-state index is -1.62. The monoisotopic (exact) mass is 577 g/mol. The van der Waals surface area contributed by atoms with Crippen molar-refractivity contribution in [1.29, 1.82) is 0 Å². The number of nitrogens with one attached hydrogen (secondary N) is 1. The Hall–Kier alpha value is -2.49. The normalized spacial score (nSPS) is 34.0. The van der Waals surface area contributed by atoms with E-state index in [0.717, 1.165) is 11.1 Å². The van der Waals surface area contributed by atoms with Crippen molar-refractivity contribution in [3.05, 3.63) is 71.8 Å². The molecule has 226 valence electrons. The summed E-state index contributed by atoms with van der Waals surface area (Å²) >= 11 is 0. The zero-order valence-electron chi connectivity index (χ0n) is 22.7. The lowest BCUT2D eigenvalue weighted by atomic mass is 9.90. The van der Waals surface area contributed by atoms with Crippen molar-refractivity contribution in [3.63, 3.8) is 0 Å². The van der Waals surface area contributed by atoms with Crippen LogP contribution in [0.2, 0.25) is 0 Å². The largest absolute Gasteiger partial charge is 0.394 e. The second kappa shape index (κ2) is 14.6. The van der Waals surface area contributed by atoms with Gasteiger partial charge in [-0.1, -0.05) is 67.6 Å². The predicted molar refractivity (Wildman–Crippen MR) is 143 cm³/mol. The lowest BCUT2D eigenvalue weighted by molar-refractivity contribution is -0.355. The first-order valence-electron chi connectivity index (χ1n) is 13.7. The van der Waals surface area contributed by atoms with Gasteiger partial charge in [-0.15, -0.1) is 0 Å². The fraction of sp³-hybridized carbons (Fsp3) is 0.552. The summed E-state index contributed by atoms with van der Waals surface area (Å²) in [6.45, 7) is 0.517. The van der Waals surface area contributed by atoms with Crippen LogP contribution in [0.3, 0.4) is 0 Å². The summed E-state index contributed by atoms with van der Waals surface area (Å²) in [7, 11) is 0. The summed E-state index contributed by atoms with van der Waals surface area (Å²) in [5.74, 6) is -1.38. The van der Waals surface area contributed by atoms with E-state index >= 15 is 0 Å². The number of carbonyl (C=O) groups is 1. The number of aliphatic hydroxyl groups is 6. The quantitative estimate of drug-likeness (QED) is 0.160. The highest BCUT2D eigenvalue weighted by Gasteiger charge is 2.50. The topological polar surface area (TPSA) is 187 Å². The summed E-state index contributed by atoms with van der Waals surface area (Å²) in [5, 5.41) is 64.4. The third-order valence-corrected chi connectivity index (χ3v) is 7.57. The van der Waals surface area contributed by atoms with E-state index in [-0.39, 0.29) is 19.1 Å². The van der Waals surface area contributed by atoms with Crippen molar-refractivity contribution in [1.82, 2.24) is 5.32 Å². The van der Waals surface area contributed by atoms with Gasteiger partial charge in [-0.25, -0.2) is 0 Å². The molecule has 4 unspecified atom stereocenters. The molecular formula is C29H39NO11. The third-order valence-electron chi connectivity index (χ3n) is 7.57. The molecule has 41 heavy (non-hydrogen) atoms. The molecule has 2 saturated heterocycles. The molecule has 0 radical (unpaired) electrons. The van der Waals surface area contributed by atoms with Crippen molar-refractivity contribution in [2.24, 2.45) is 5.92 Å². The molecule has 7 N–H and O–H groups in total. The molecule has 4 rings (SSSR count). The first kappa shape index (κ1) is 31.4. The lowest BCUT2D eigenvalue weighted by Crippen LogP contribution is -2.63. The van der Waals surface area contributed by atoms with Gasteiger partial charge in [0.15, 0.2) is 12.6 Å². The average molecular weight is 578 g/mol. The van der Waals surface area contributed by atoms with Gasteiger partial charge in [0, 0.05) is 12.5 Å². The van der Waals surface area contributed by atoms with Gasteiger partial charge < -0.3 is 54.9 Å². The number of hydrogen-bond acceptors (Lipinski definition) is 11. The van der Waals surface area contributed by atoms with Crippen LogP contribution in [0.15, 0.2) is 60.7 Å². The molecule has 2 aliphatic rings. The highest BCUT2D eigenvalue weighted by molar-refractivity contribution is 5.87. The van der Waals surface area contributed by atoms with E-state index in [2.05, 4.69) is 5.32 Å². The van der Waals surface area contributed by atoms with E-state index in [0.29, 0.717) is 0 Å². The Morgan fingerprint density at radius 2 is 1.34 bits per heavy atom. The molecule has 2 aromatic carbocycles. The standard InChI is InChI=1S/C29H39NO11/c1-16-19(14-31)39-29(24(35)22(16)33)41-26-20(15-32)40-28(25(36)23(26)34)38-13-12-30-27(37)21(17-8-4-2-5-9-17)18-10-6-3-7-11-18/h2-11,16,19-26,28-29,31-36H,12-15H2,1H3,(H,30,37)/t16-,19?,20?,22?,23?,24+,25+,26-,28-,29-/m0/s1. The lowest BCUT2D eigenvalue weighted by Gasteiger charge is -2.46. The molecule has 2 aliphatic heterocycles. The highest BCUT2D eigenvalue weighted by Crippen LogP contribution is 2.31. The molecule has 0 bridgehead atoms. The molecule has 0 aliphatic carbocycles. The van der Waals surface area contributed by atoms with Gasteiger partial charge in [0.05, 0.1) is 37.9 Å². The van der Waals surface area contributed by atoms with E-state index in [1.165, 1.54) is 0 Å². The summed E-state index contributed by atoms with van der Waals surface area (Å²) in [4.78, 5) is 13.2. The Bertz CT molecular complexity index is 1030. The van der Waals surface area contributed by atoms with Gasteiger partial charge in [0.25, 0.3) is 0 Å². The zero-order valence-corrected chi connectivity index (χ0v) is 22.7. The molecule has 0 aromatic heterocycles. The van der Waals surface area contributed by atoms with Crippen molar-refractivity contribution in [2.45, 2.75) is 68.1 Å². The second-order valence-corrected chi connectivity index (χ2v) is 10.3. The van der Waals surface area contributed by atoms with Crippen LogP contribution in [0.25, 0.3) is 0 Å². The van der Waals surface area contributed by atoms with Crippen molar-refractivity contribution < 1.29 is 54.4 Å². The van der Waals surface area contributed by atoms with Crippen LogP contribution in [-0.4, -0.2) is 118 Å². The first-order valence-corrected chi connectivity index (χ1v) is 13.7. The summed E-state index contributed by atoms with van der Waals surface area (Å²) in [5.41, 5.74) is 1.64. The number of carbonyl (C=O) groups excluding carboxylic acids is 1. The molecular weight excluding hydrogens is 538 g/mol. The van der Waals surface area contributed by atoms with Crippen LogP contribution < -0.4 is 5.32 Å². The average Bonchev–Trinajstić information content (AvgIpc) is 2.99. The Balaban J connectivity index is 1.33. The summed E-state index contributed by atoms with van der Waals surface area (Å²) in [6.07, 6.45) is -12.2. The number of rotatable bonds is 11. The number of ether oxygens (including phenoxy) is 4. The fourth-order valence-corrected chi connectivity index (χ4v) is 5.14. The van der Waals surface area contributed by atoms with Crippen LogP contribution >= 0.6 is 0 Å². The number of hydrogen-bond donors (Lipinski definition) is 7. The maximum absolute atomic E-state index is 13.2. The molecule has 0 spiro atoms. The fourth-order valence-electron chi connectivity index (χ4n) is 5.14. The molecule has 2 fully saturated rings. The number of aliphatic hydroxyl groups excluding tert-OH is 6. The molecule has 2 aromatic rings. The molecule has 12 nitrogen and oxygen atoms in total. The van der Waals surface area contributed by atoms with E-state index in [9.17, 15) is 35.4 Å². The van der Waals surface area contributed by atoms with Gasteiger partial charge in [0.1, 0.15) is 30.5 Å². The molecule has 0 saturated carbocycles. The van der Waals surface area contributed by atoms with Gasteiger partial charge in [-0.2, -0.15) is 0 Å². The van der Waals surface area contributed by atoms with Crippen LogP contribution in [0.1, 0.15) is 24.0 Å². The van der Waals surface area contributed by atoms with Crippen molar-refractivity contribution in [2.75, 3.05) is 26.4 Å². The summed E-state index contributed by atoms with van der Waals surface area (Å²) < 4.78 is 22.4. The van der Waals surface area contributed by atoms with E-state index in [4.69, 9.17) is 18.9 Å². The van der Waals surface area contributed by atoms with Gasteiger partial charge in [0.2, 0.25) is 5.91 Å². The Labute approximate surface area is 238 Å². The molecule has 10 atom stereocenters. The number of amides is 1. The van der Waals surface area contributed by atoms with E-state index in [1.54, 1.807) is 6.92 Å². The SMILES string of the molecule is C[C@H]1C(CO)O[C@@H](O[C@H]2C(CO)O[C@H](OCCNC(=O)C(c3ccccc3)c3ccccc3)[C@H](O)C2O)[C@H](O)C1O. The smallest absolute Gasteiger partial charge is 0.232 e. The Kier molecular flexibility index (Phi) is 11.2. The number of benzene rings is 2. The van der Waals surface area contributed by atoms with Gasteiger partial charge >= 0.3 is 0 Å². The van der Waals surface area contributed by atoms with Crippen LogP contribution in [0.5, 0.6) is 0 Å². The van der Waals surface area contributed by atoms with E-state index in [1.807, 2.05) is 60.7 Å². The maximum atomic E-state index is 13.2. The summed E-state index contributed by atoms with van der Waals surface area (Å²) in [6, 6.07) is 18.7. The van der Waals surface area contributed by atoms with Crippen LogP contribution in [-0.2, 0) is 23.7 Å². The highest BCUT2D eigenvalue weighted by atomic mass is 16.7.